The van der Waals surface area contributed by atoms with Gasteiger partial charge in [-0.1, -0.05) is 6.07 Å². The van der Waals surface area contributed by atoms with Gasteiger partial charge in [-0.15, -0.1) is 11.3 Å². The molecule has 2 aromatic rings. The Bertz CT molecular complexity index is 468. The van der Waals surface area contributed by atoms with Crippen molar-refractivity contribution in [1.29, 1.82) is 0 Å². The Morgan fingerprint density at radius 3 is 2.88 bits per heavy atom. The fraction of sp³-hybridized carbons (Fsp3) is 0.231. The van der Waals surface area contributed by atoms with Crippen molar-refractivity contribution < 1.29 is 9.47 Å². The van der Waals surface area contributed by atoms with Gasteiger partial charge in [0.2, 0.25) is 0 Å². The van der Waals surface area contributed by atoms with Crippen LogP contribution in [0.15, 0.2) is 35.7 Å². The summed E-state index contributed by atoms with van der Waals surface area (Å²) in [6, 6.07) is 9.61. The number of rotatable bonds is 5. The molecule has 0 saturated heterocycles. The van der Waals surface area contributed by atoms with Crippen molar-refractivity contribution in [3.8, 4) is 11.5 Å². The second kappa shape index (κ2) is 5.59. The Kier molecular flexibility index (Phi) is 3.88. The summed E-state index contributed by atoms with van der Waals surface area (Å²) in [5.41, 5.74) is 6.35. The number of nitrogens with two attached hydrogens (primary N) is 1. The molecule has 0 aliphatic carbocycles. The Balaban J connectivity index is 1.90. The number of nitrogen functional groups attached to an aromatic ring is 1. The highest BCUT2D eigenvalue weighted by Crippen LogP contribution is 2.26. The highest BCUT2D eigenvalue weighted by Gasteiger charge is 2.02. The molecule has 4 heteroatoms. The van der Waals surface area contributed by atoms with Gasteiger partial charge in [-0.3, -0.25) is 0 Å². The van der Waals surface area contributed by atoms with Gasteiger partial charge in [-0.2, -0.15) is 0 Å². The molecule has 0 saturated carbocycles. The van der Waals surface area contributed by atoms with Crippen molar-refractivity contribution >= 4 is 17.0 Å². The molecule has 0 unspecified atom stereocenters. The number of thiophene rings is 1. The number of anilines is 1. The second-order valence-corrected chi connectivity index (χ2v) is 4.61. The van der Waals surface area contributed by atoms with Gasteiger partial charge in [0.1, 0.15) is 11.5 Å². The van der Waals surface area contributed by atoms with Crippen LogP contribution in [0.3, 0.4) is 0 Å². The van der Waals surface area contributed by atoms with Crippen LogP contribution in [-0.4, -0.2) is 13.7 Å². The summed E-state index contributed by atoms with van der Waals surface area (Å²) in [6.07, 6.45) is 0.921. The first-order chi connectivity index (χ1) is 8.29. The third kappa shape index (κ3) is 3.14. The molecule has 90 valence electrons. The Morgan fingerprint density at radius 1 is 1.29 bits per heavy atom. The Hall–Kier alpha value is -1.68. The predicted molar refractivity (Wildman–Crippen MR) is 70.9 cm³/mol. The average molecular weight is 249 g/mol. The molecule has 0 aliphatic heterocycles. The largest absolute Gasteiger partial charge is 0.494 e. The maximum atomic E-state index is 5.73. The van der Waals surface area contributed by atoms with E-state index in [9.17, 15) is 0 Å². The maximum Gasteiger partial charge on any atom is 0.145 e. The minimum Gasteiger partial charge on any atom is -0.494 e. The molecule has 3 nitrogen and oxygen atoms in total. The predicted octanol–water partition coefficient (Wildman–Crippen LogP) is 2.96. The van der Waals surface area contributed by atoms with E-state index in [-0.39, 0.29) is 0 Å². The topological polar surface area (TPSA) is 44.5 Å². The van der Waals surface area contributed by atoms with Crippen LogP contribution in [0.2, 0.25) is 0 Å². The molecular weight excluding hydrogens is 234 g/mol. The van der Waals surface area contributed by atoms with Gasteiger partial charge in [0.15, 0.2) is 0 Å². The summed E-state index contributed by atoms with van der Waals surface area (Å²) in [6.45, 7) is 0.660. The van der Waals surface area contributed by atoms with E-state index >= 15 is 0 Å². The smallest absolute Gasteiger partial charge is 0.145 e. The molecule has 1 heterocycles. The summed E-state index contributed by atoms with van der Waals surface area (Å²) >= 11 is 1.74. The standard InChI is InChI=1S/C13H15NO2S/c1-15-13-9-10(4-5-12(13)14)16-7-6-11-3-2-8-17-11/h2-5,8-9H,6-7,14H2,1H3. The molecule has 0 radical (unpaired) electrons. The molecule has 0 fully saturated rings. The van der Waals surface area contributed by atoms with Crippen LogP contribution in [0, 0.1) is 0 Å². The van der Waals surface area contributed by atoms with E-state index in [1.165, 1.54) is 4.88 Å². The summed E-state index contributed by atoms with van der Waals surface area (Å²) < 4.78 is 10.8. The Morgan fingerprint density at radius 2 is 2.18 bits per heavy atom. The molecular formula is C13H15NO2S. The van der Waals surface area contributed by atoms with E-state index in [1.54, 1.807) is 24.5 Å². The van der Waals surface area contributed by atoms with Crippen molar-refractivity contribution in [2.75, 3.05) is 19.5 Å². The van der Waals surface area contributed by atoms with E-state index in [1.807, 2.05) is 18.2 Å². The van der Waals surface area contributed by atoms with E-state index < -0.39 is 0 Å². The van der Waals surface area contributed by atoms with Gasteiger partial charge in [-0.05, 0) is 23.6 Å². The zero-order valence-electron chi connectivity index (χ0n) is 9.68. The molecule has 0 aliphatic rings. The van der Waals surface area contributed by atoms with Crippen LogP contribution in [0.4, 0.5) is 5.69 Å². The average Bonchev–Trinajstić information content (AvgIpc) is 2.84. The molecule has 0 amide bonds. The van der Waals surface area contributed by atoms with E-state index in [2.05, 4.69) is 11.4 Å². The Labute approximate surface area is 105 Å². The van der Waals surface area contributed by atoms with Crippen LogP contribution >= 0.6 is 11.3 Å². The molecule has 2 rings (SSSR count). The van der Waals surface area contributed by atoms with E-state index in [0.29, 0.717) is 18.0 Å². The zero-order valence-corrected chi connectivity index (χ0v) is 10.5. The summed E-state index contributed by atoms with van der Waals surface area (Å²) in [5.74, 6) is 1.44. The number of methoxy groups -OCH3 is 1. The third-order valence-electron chi connectivity index (χ3n) is 2.40. The minimum atomic E-state index is 0.623. The van der Waals surface area contributed by atoms with Gasteiger partial charge in [-0.25, -0.2) is 0 Å². The lowest BCUT2D eigenvalue weighted by molar-refractivity contribution is 0.320. The summed E-state index contributed by atoms with van der Waals surface area (Å²) in [5, 5.41) is 2.07. The van der Waals surface area contributed by atoms with Crippen LogP contribution in [0.1, 0.15) is 4.88 Å². The van der Waals surface area contributed by atoms with Crippen LogP contribution in [0.25, 0.3) is 0 Å². The number of hydrogen-bond donors (Lipinski definition) is 1. The van der Waals surface area contributed by atoms with Gasteiger partial charge < -0.3 is 15.2 Å². The minimum absolute atomic E-state index is 0.623. The quantitative estimate of drug-likeness (QED) is 0.829. The highest BCUT2D eigenvalue weighted by molar-refractivity contribution is 7.09. The second-order valence-electron chi connectivity index (χ2n) is 3.58. The summed E-state index contributed by atoms with van der Waals surface area (Å²) in [7, 11) is 1.60. The molecule has 0 bridgehead atoms. The van der Waals surface area contributed by atoms with Gasteiger partial charge in [0.25, 0.3) is 0 Å². The monoisotopic (exact) mass is 249 g/mol. The first-order valence-corrected chi connectivity index (χ1v) is 6.26. The lowest BCUT2D eigenvalue weighted by Gasteiger charge is -2.09. The van der Waals surface area contributed by atoms with Crippen molar-refractivity contribution in [1.82, 2.24) is 0 Å². The SMILES string of the molecule is COc1cc(OCCc2cccs2)ccc1N. The van der Waals surface area contributed by atoms with Gasteiger partial charge in [0.05, 0.1) is 19.4 Å². The molecule has 0 spiro atoms. The van der Waals surface area contributed by atoms with E-state index in [4.69, 9.17) is 15.2 Å². The number of benzene rings is 1. The van der Waals surface area contributed by atoms with Crippen LogP contribution < -0.4 is 15.2 Å². The first-order valence-electron chi connectivity index (χ1n) is 5.38. The fourth-order valence-electron chi connectivity index (χ4n) is 1.51. The number of hydrogen-bond acceptors (Lipinski definition) is 4. The third-order valence-corrected chi connectivity index (χ3v) is 3.34. The fourth-order valence-corrected chi connectivity index (χ4v) is 2.20. The molecule has 0 atom stereocenters. The van der Waals surface area contributed by atoms with Crippen molar-refractivity contribution in [2.45, 2.75) is 6.42 Å². The summed E-state index contributed by atoms with van der Waals surface area (Å²) in [4.78, 5) is 1.33. The molecule has 1 aromatic heterocycles. The van der Waals surface area contributed by atoms with Crippen LogP contribution in [-0.2, 0) is 6.42 Å². The lowest BCUT2D eigenvalue weighted by atomic mass is 10.3. The van der Waals surface area contributed by atoms with Gasteiger partial charge >= 0.3 is 0 Å². The zero-order chi connectivity index (χ0) is 12.1. The van der Waals surface area contributed by atoms with E-state index in [0.717, 1.165) is 12.2 Å². The highest BCUT2D eigenvalue weighted by atomic mass is 32.1. The van der Waals surface area contributed by atoms with Crippen molar-refractivity contribution in [3.63, 3.8) is 0 Å². The maximum absolute atomic E-state index is 5.73. The normalized spacial score (nSPS) is 10.2. The number of ether oxygens (including phenoxy) is 2. The molecule has 1 aromatic carbocycles. The molecule has 2 N–H and O–H groups in total. The lowest BCUT2D eigenvalue weighted by Crippen LogP contribution is -2.01. The van der Waals surface area contributed by atoms with Crippen molar-refractivity contribution in [2.24, 2.45) is 0 Å². The first kappa shape index (κ1) is 11.8. The van der Waals surface area contributed by atoms with Gasteiger partial charge in [0, 0.05) is 17.4 Å². The van der Waals surface area contributed by atoms with Crippen LogP contribution in [0.5, 0.6) is 11.5 Å². The molecule has 17 heavy (non-hydrogen) atoms. The van der Waals surface area contributed by atoms with Crippen molar-refractivity contribution in [3.05, 3.63) is 40.6 Å².